The molecule has 0 radical (unpaired) electrons. The molecule has 0 bridgehead atoms. The Kier molecular flexibility index (Phi) is 8.73. The molecule has 0 fully saturated rings. The number of ether oxygens (including phenoxy) is 2. The molecule has 0 atom stereocenters. The van der Waals surface area contributed by atoms with E-state index in [4.69, 9.17) is 9.47 Å². The summed E-state index contributed by atoms with van der Waals surface area (Å²) < 4.78 is 39.3. The molecule has 0 spiro atoms. The molecule has 0 saturated carbocycles. The second-order valence-corrected chi connectivity index (χ2v) is 9.96. The molecule has 0 aliphatic carbocycles. The number of nitrogens with zero attached hydrogens (tertiary/aromatic N) is 2. The fraction of sp³-hybridized carbons (Fsp3) is 0.103. The molecule has 4 aromatic rings. The van der Waals surface area contributed by atoms with E-state index < -0.39 is 22.5 Å². The highest BCUT2D eigenvalue weighted by Crippen LogP contribution is 2.32. The van der Waals surface area contributed by atoms with Crippen molar-refractivity contribution in [3.63, 3.8) is 0 Å². The second kappa shape index (κ2) is 12.6. The minimum atomic E-state index is -4.08. The van der Waals surface area contributed by atoms with Crippen molar-refractivity contribution in [3.05, 3.63) is 120 Å². The smallest absolute Gasteiger partial charge is 0.264 e. The number of para-hydroxylation sites is 3. The van der Waals surface area contributed by atoms with Crippen molar-refractivity contribution in [2.75, 3.05) is 18.0 Å². The van der Waals surface area contributed by atoms with Gasteiger partial charge in [0.15, 0.2) is 0 Å². The zero-order chi connectivity index (χ0) is 26.8. The lowest BCUT2D eigenvalue weighted by atomic mass is 10.2. The molecule has 0 unspecified atom stereocenters. The number of hydrazone groups is 1. The van der Waals surface area contributed by atoms with Crippen LogP contribution in [0.1, 0.15) is 11.1 Å². The number of sulfonamides is 1. The van der Waals surface area contributed by atoms with Crippen LogP contribution in [-0.2, 0) is 21.4 Å². The summed E-state index contributed by atoms with van der Waals surface area (Å²) in [5.74, 6) is 0.277. The van der Waals surface area contributed by atoms with Crippen molar-refractivity contribution in [1.82, 2.24) is 5.43 Å². The van der Waals surface area contributed by atoms with Gasteiger partial charge in [-0.1, -0.05) is 72.8 Å². The fourth-order valence-electron chi connectivity index (χ4n) is 3.65. The van der Waals surface area contributed by atoms with Crippen molar-refractivity contribution in [1.29, 1.82) is 0 Å². The van der Waals surface area contributed by atoms with E-state index in [0.717, 1.165) is 9.87 Å². The summed E-state index contributed by atoms with van der Waals surface area (Å²) in [5, 5.41) is 4.04. The summed E-state index contributed by atoms with van der Waals surface area (Å²) in [6.07, 6.45) is 1.46. The Morgan fingerprint density at radius 1 is 0.842 bits per heavy atom. The number of nitrogens with one attached hydrogen (secondary N) is 1. The fourth-order valence-corrected chi connectivity index (χ4v) is 5.10. The highest BCUT2D eigenvalue weighted by atomic mass is 32.2. The van der Waals surface area contributed by atoms with Crippen molar-refractivity contribution >= 4 is 27.8 Å². The Morgan fingerprint density at radius 3 is 2.16 bits per heavy atom. The van der Waals surface area contributed by atoms with E-state index in [1.165, 1.54) is 25.5 Å². The van der Waals surface area contributed by atoms with Gasteiger partial charge >= 0.3 is 0 Å². The van der Waals surface area contributed by atoms with Gasteiger partial charge in [-0.05, 0) is 42.0 Å². The third-order valence-corrected chi connectivity index (χ3v) is 7.30. The quantitative estimate of drug-likeness (QED) is 0.226. The predicted molar refractivity (Wildman–Crippen MR) is 147 cm³/mol. The maximum absolute atomic E-state index is 13.5. The van der Waals surface area contributed by atoms with Crippen LogP contribution in [0.15, 0.2) is 119 Å². The topological polar surface area (TPSA) is 97.3 Å². The van der Waals surface area contributed by atoms with Crippen LogP contribution in [-0.4, -0.2) is 34.2 Å². The molecule has 1 N–H and O–H groups in total. The van der Waals surface area contributed by atoms with Gasteiger partial charge in [0.1, 0.15) is 24.7 Å². The summed E-state index contributed by atoms with van der Waals surface area (Å²) in [4.78, 5) is 12.9. The first-order valence-corrected chi connectivity index (χ1v) is 13.2. The average molecular weight is 530 g/mol. The molecule has 0 aliphatic heterocycles. The van der Waals surface area contributed by atoms with Gasteiger partial charge < -0.3 is 9.47 Å². The van der Waals surface area contributed by atoms with E-state index in [0.29, 0.717) is 23.7 Å². The van der Waals surface area contributed by atoms with Crippen molar-refractivity contribution in [3.8, 4) is 11.5 Å². The van der Waals surface area contributed by atoms with Gasteiger partial charge in [-0.3, -0.25) is 9.10 Å². The number of amides is 1. The Balaban J connectivity index is 1.50. The summed E-state index contributed by atoms with van der Waals surface area (Å²) in [6.45, 7) is -0.135. The molecule has 9 heteroatoms. The maximum Gasteiger partial charge on any atom is 0.264 e. The molecular weight excluding hydrogens is 502 g/mol. The predicted octanol–water partition coefficient (Wildman–Crippen LogP) is 4.62. The molecule has 0 saturated heterocycles. The summed E-state index contributed by atoms with van der Waals surface area (Å²) in [6, 6.07) is 31.5. The van der Waals surface area contributed by atoms with Gasteiger partial charge in [0.2, 0.25) is 0 Å². The number of hydrogen-bond acceptors (Lipinski definition) is 6. The number of carbonyl (C=O) groups is 1. The largest absolute Gasteiger partial charge is 0.495 e. The normalized spacial score (nSPS) is 11.2. The third kappa shape index (κ3) is 6.57. The van der Waals surface area contributed by atoms with Crippen molar-refractivity contribution in [2.45, 2.75) is 11.5 Å². The first-order chi connectivity index (χ1) is 18.5. The van der Waals surface area contributed by atoms with E-state index in [2.05, 4.69) is 10.5 Å². The molecule has 194 valence electrons. The number of benzene rings is 4. The zero-order valence-electron chi connectivity index (χ0n) is 20.7. The van der Waals surface area contributed by atoms with E-state index in [1.807, 2.05) is 48.5 Å². The Bertz CT molecular complexity index is 1490. The van der Waals surface area contributed by atoms with Gasteiger partial charge in [0.05, 0.1) is 23.9 Å². The number of hydrogen-bond donors (Lipinski definition) is 1. The van der Waals surface area contributed by atoms with E-state index in [1.54, 1.807) is 48.5 Å². The number of rotatable bonds is 11. The van der Waals surface area contributed by atoms with Crippen molar-refractivity contribution < 1.29 is 22.7 Å². The molecular formula is C29H27N3O5S. The lowest BCUT2D eigenvalue weighted by Crippen LogP contribution is -2.39. The Morgan fingerprint density at radius 2 is 1.45 bits per heavy atom. The maximum atomic E-state index is 13.5. The minimum absolute atomic E-state index is 0.0479. The number of carbonyl (C=O) groups excluding carboxylic acids is 1. The molecule has 38 heavy (non-hydrogen) atoms. The molecule has 0 heterocycles. The van der Waals surface area contributed by atoms with Crippen LogP contribution in [0, 0.1) is 0 Å². The van der Waals surface area contributed by atoms with Crippen LogP contribution >= 0.6 is 0 Å². The van der Waals surface area contributed by atoms with Gasteiger partial charge in [0, 0.05) is 5.56 Å². The second-order valence-electron chi connectivity index (χ2n) is 8.10. The molecule has 8 nitrogen and oxygen atoms in total. The summed E-state index contributed by atoms with van der Waals surface area (Å²) in [7, 11) is -2.64. The highest BCUT2D eigenvalue weighted by Gasteiger charge is 2.29. The van der Waals surface area contributed by atoms with Gasteiger partial charge in [-0.25, -0.2) is 13.8 Å². The van der Waals surface area contributed by atoms with Crippen LogP contribution in [0.25, 0.3) is 0 Å². The van der Waals surface area contributed by atoms with Crippen LogP contribution < -0.4 is 19.2 Å². The Hall–Kier alpha value is -4.63. The lowest BCUT2D eigenvalue weighted by molar-refractivity contribution is -0.119. The monoisotopic (exact) mass is 529 g/mol. The molecule has 0 aliphatic rings. The van der Waals surface area contributed by atoms with Crippen LogP contribution in [0.2, 0.25) is 0 Å². The average Bonchev–Trinajstić information content (AvgIpc) is 2.96. The SMILES string of the molecule is COc1ccccc1N(CC(=O)N/N=C\c1ccccc1OCc1ccccc1)S(=O)(=O)c1ccccc1. The first-order valence-electron chi connectivity index (χ1n) is 11.8. The zero-order valence-corrected chi connectivity index (χ0v) is 21.5. The van der Waals surface area contributed by atoms with Gasteiger partial charge in [0.25, 0.3) is 15.9 Å². The first kappa shape index (κ1) is 26.4. The van der Waals surface area contributed by atoms with E-state index in [9.17, 15) is 13.2 Å². The molecule has 0 aromatic heterocycles. The van der Waals surface area contributed by atoms with Gasteiger partial charge in [-0.15, -0.1) is 0 Å². The third-order valence-electron chi connectivity index (χ3n) is 5.52. The lowest BCUT2D eigenvalue weighted by Gasteiger charge is -2.25. The van der Waals surface area contributed by atoms with Crippen LogP contribution in [0.5, 0.6) is 11.5 Å². The summed E-state index contributed by atoms with van der Waals surface area (Å²) >= 11 is 0. The number of anilines is 1. The van der Waals surface area contributed by atoms with E-state index in [-0.39, 0.29) is 10.6 Å². The van der Waals surface area contributed by atoms with Crippen molar-refractivity contribution in [2.24, 2.45) is 5.10 Å². The summed E-state index contributed by atoms with van der Waals surface area (Å²) in [5.41, 5.74) is 4.33. The van der Waals surface area contributed by atoms with Crippen LogP contribution in [0.3, 0.4) is 0 Å². The molecule has 4 rings (SSSR count). The highest BCUT2D eigenvalue weighted by molar-refractivity contribution is 7.92. The molecule has 4 aromatic carbocycles. The minimum Gasteiger partial charge on any atom is -0.495 e. The number of methoxy groups -OCH3 is 1. The van der Waals surface area contributed by atoms with E-state index >= 15 is 0 Å². The van der Waals surface area contributed by atoms with Crippen LogP contribution in [0.4, 0.5) is 5.69 Å². The van der Waals surface area contributed by atoms with Gasteiger partial charge in [-0.2, -0.15) is 5.10 Å². The standard InChI is InChI=1S/C29H27N3O5S/c1-36-28-19-11-9-17-26(28)32(38(34,35)25-15-6-3-7-16-25)21-29(33)31-30-20-24-14-8-10-18-27(24)37-22-23-12-4-2-5-13-23/h2-20H,21-22H2,1H3,(H,31,33)/b30-20-. The molecule has 1 amide bonds. The Labute approximate surface area is 222 Å².